The maximum absolute atomic E-state index is 11.1. The highest BCUT2D eigenvalue weighted by Gasteiger charge is 2.29. The molecule has 10 nitrogen and oxygen atoms in total. The molecule has 0 spiro atoms. The first-order valence-corrected chi connectivity index (χ1v) is 11.3. The molecule has 8 N–H and O–H groups in total. The van der Waals surface area contributed by atoms with Crippen LogP contribution in [0.15, 0.2) is 6.07 Å². The molecule has 4 atom stereocenters. The largest absolute Gasteiger partial charge is 0.478 e. The van der Waals surface area contributed by atoms with Gasteiger partial charge in [0.15, 0.2) is 0 Å². The van der Waals surface area contributed by atoms with Crippen LogP contribution in [0.25, 0.3) is 0 Å². The number of rotatable bonds is 8. The summed E-state index contributed by atoms with van der Waals surface area (Å²) in [5, 5.41) is 59.2. The van der Waals surface area contributed by atoms with Crippen molar-refractivity contribution in [2.45, 2.75) is 31.3 Å². The fourth-order valence-electron chi connectivity index (χ4n) is 1.97. The molecule has 13 heteroatoms. The molecular formula is C16H23I3N2O8. The van der Waals surface area contributed by atoms with Crippen molar-refractivity contribution >= 4 is 85.3 Å². The quantitative estimate of drug-likeness (QED) is 0.167. The number of anilines is 1. The molecule has 0 radical (unpaired) electrons. The molecule has 1 rings (SSSR count). The Balaban J connectivity index is 0.000000555. The van der Waals surface area contributed by atoms with Gasteiger partial charge in [0.25, 0.3) is 0 Å². The molecule has 0 saturated carbocycles. The van der Waals surface area contributed by atoms with Crippen LogP contribution in [0.3, 0.4) is 0 Å². The first kappa shape index (κ1) is 29.1. The molecular weight excluding hydrogens is 729 g/mol. The van der Waals surface area contributed by atoms with Crippen molar-refractivity contribution in [1.29, 1.82) is 0 Å². The summed E-state index contributed by atoms with van der Waals surface area (Å²) >= 11 is 5.98. The number of nitrogens with one attached hydrogen (secondary N) is 2. The molecule has 0 heterocycles. The average molecular weight is 752 g/mol. The number of likely N-dealkylation sites (N-methyl/N-ethyl adjacent to an activating group) is 1. The monoisotopic (exact) mass is 752 g/mol. The molecule has 0 aromatic heterocycles. The highest BCUT2D eigenvalue weighted by molar-refractivity contribution is 14.1. The first-order chi connectivity index (χ1) is 13.4. The molecule has 0 aliphatic rings. The Morgan fingerprint density at radius 3 is 1.97 bits per heavy atom. The van der Waals surface area contributed by atoms with Crippen LogP contribution in [-0.2, 0) is 4.79 Å². The number of hydrogen-bond donors (Lipinski definition) is 8. The van der Waals surface area contributed by atoms with Crippen LogP contribution < -0.4 is 10.6 Å². The van der Waals surface area contributed by atoms with E-state index in [-0.39, 0.29) is 18.0 Å². The predicted molar refractivity (Wildman–Crippen MR) is 131 cm³/mol. The molecule has 1 amide bonds. The lowest BCUT2D eigenvalue weighted by molar-refractivity contribution is -0.114. The summed E-state index contributed by atoms with van der Waals surface area (Å²) in [6.45, 7) is 0.825. The molecule has 0 aliphatic carbocycles. The smallest absolute Gasteiger partial charge is 0.337 e. The lowest BCUT2D eigenvalue weighted by atomic mass is 10.0. The van der Waals surface area contributed by atoms with E-state index in [0.717, 1.165) is 3.57 Å². The van der Waals surface area contributed by atoms with Crippen LogP contribution in [0.1, 0.15) is 17.3 Å². The SMILES string of the molecule is CC(=O)Nc1c(I)cc(I)c(C(=O)O)c1I.CNC[C@H](O)[C@@H](O)[C@H](O)[C@H](O)CO. The molecule has 0 bridgehead atoms. The first-order valence-electron chi connectivity index (χ1n) is 8.05. The molecule has 0 aliphatic heterocycles. The Morgan fingerprint density at radius 1 is 1.03 bits per heavy atom. The number of carbonyl (C=O) groups is 2. The Labute approximate surface area is 208 Å². The lowest BCUT2D eigenvalue weighted by Crippen LogP contribution is -2.48. The summed E-state index contributed by atoms with van der Waals surface area (Å²) < 4.78 is 2.04. The molecule has 166 valence electrons. The number of carboxylic acids is 1. The highest BCUT2D eigenvalue weighted by atomic mass is 127. The lowest BCUT2D eigenvalue weighted by Gasteiger charge is -2.25. The Morgan fingerprint density at radius 2 is 1.55 bits per heavy atom. The van der Waals surface area contributed by atoms with Gasteiger partial charge in [-0.25, -0.2) is 4.79 Å². The zero-order valence-electron chi connectivity index (χ0n) is 15.4. The van der Waals surface area contributed by atoms with E-state index in [0.29, 0.717) is 12.8 Å². The van der Waals surface area contributed by atoms with Crippen molar-refractivity contribution in [2.24, 2.45) is 0 Å². The Hall–Kier alpha value is 0.110. The number of benzene rings is 1. The van der Waals surface area contributed by atoms with E-state index < -0.39 is 37.0 Å². The second kappa shape index (κ2) is 14.2. The van der Waals surface area contributed by atoms with Crippen molar-refractivity contribution in [2.75, 3.05) is 25.5 Å². The second-order valence-electron chi connectivity index (χ2n) is 5.75. The van der Waals surface area contributed by atoms with Crippen LogP contribution in [0.2, 0.25) is 0 Å². The summed E-state index contributed by atoms with van der Waals surface area (Å²) in [6.07, 6.45) is -5.65. The average Bonchev–Trinajstić information content (AvgIpc) is 2.63. The third kappa shape index (κ3) is 9.42. The fourth-order valence-corrected chi connectivity index (χ4v) is 6.07. The van der Waals surface area contributed by atoms with Gasteiger partial charge in [-0.3, -0.25) is 4.79 Å². The van der Waals surface area contributed by atoms with E-state index in [1.54, 1.807) is 13.1 Å². The van der Waals surface area contributed by atoms with Gasteiger partial charge in [0.2, 0.25) is 5.91 Å². The summed E-state index contributed by atoms with van der Waals surface area (Å²) in [5.74, 6) is -1.20. The number of carbonyl (C=O) groups excluding carboxylic acids is 1. The van der Waals surface area contributed by atoms with Crippen molar-refractivity contribution in [1.82, 2.24) is 5.32 Å². The zero-order chi connectivity index (χ0) is 22.9. The maximum atomic E-state index is 11.1. The normalized spacial score (nSPS) is 14.8. The van der Waals surface area contributed by atoms with Crippen molar-refractivity contribution in [3.05, 3.63) is 22.3 Å². The number of aliphatic hydroxyl groups excluding tert-OH is 5. The highest BCUT2D eigenvalue weighted by Crippen LogP contribution is 2.31. The fraction of sp³-hybridized carbons (Fsp3) is 0.500. The van der Waals surface area contributed by atoms with Gasteiger partial charge in [0.05, 0.1) is 27.5 Å². The summed E-state index contributed by atoms with van der Waals surface area (Å²) in [7, 11) is 1.57. The summed E-state index contributed by atoms with van der Waals surface area (Å²) in [6, 6.07) is 1.73. The minimum atomic E-state index is -1.55. The van der Waals surface area contributed by atoms with Gasteiger partial charge in [-0.2, -0.15) is 0 Å². The molecule has 0 fully saturated rings. The molecule has 0 unspecified atom stereocenters. The maximum Gasteiger partial charge on any atom is 0.337 e. The standard InChI is InChI=1S/C9H6I3NO3.C7H17NO5/c1-3(14)13-8-5(11)2-4(10)6(7(8)12)9(15)16;1-8-2-4(10)6(12)7(13)5(11)3-9/h2H,1H3,(H,13,14)(H,15,16);4-13H,2-3H2,1H3/t;4-,5+,6+,7+/m.0/s1. The Bertz CT molecular complexity index is 707. The number of aromatic carboxylic acids is 1. The molecule has 1 aromatic rings. The van der Waals surface area contributed by atoms with Gasteiger partial charge < -0.3 is 41.3 Å². The number of amides is 1. The predicted octanol–water partition coefficient (Wildman–Crippen LogP) is -0.201. The van der Waals surface area contributed by atoms with Crippen molar-refractivity contribution < 1.29 is 40.2 Å². The zero-order valence-corrected chi connectivity index (χ0v) is 21.9. The third-order valence-corrected chi connectivity index (χ3v) is 6.20. The molecule has 1 aromatic carbocycles. The van der Waals surface area contributed by atoms with E-state index >= 15 is 0 Å². The van der Waals surface area contributed by atoms with E-state index in [9.17, 15) is 14.7 Å². The summed E-state index contributed by atoms with van der Waals surface area (Å²) in [4.78, 5) is 22.1. The van der Waals surface area contributed by atoms with Gasteiger partial charge >= 0.3 is 5.97 Å². The van der Waals surface area contributed by atoms with E-state index in [2.05, 4.69) is 33.2 Å². The van der Waals surface area contributed by atoms with Crippen LogP contribution in [0.5, 0.6) is 0 Å². The number of carboxylic acid groups (broad SMARTS) is 1. The van der Waals surface area contributed by atoms with Crippen LogP contribution in [0.4, 0.5) is 5.69 Å². The number of aliphatic hydroxyl groups is 5. The minimum absolute atomic E-state index is 0.0936. The molecule has 0 saturated heterocycles. The second-order valence-corrected chi connectivity index (χ2v) is 9.15. The summed E-state index contributed by atoms with van der Waals surface area (Å²) in [5.41, 5.74) is 0.789. The van der Waals surface area contributed by atoms with Crippen molar-refractivity contribution in [3.63, 3.8) is 0 Å². The van der Waals surface area contributed by atoms with E-state index in [1.807, 2.05) is 45.2 Å². The van der Waals surface area contributed by atoms with Crippen LogP contribution >= 0.6 is 67.8 Å². The molecule has 29 heavy (non-hydrogen) atoms. The van der Waals surface area contributed by atoms with E-state index in [4.69, 9.17) is 25.5 Å². The number of halogens is 3. The van der Waals surface area contributed by atoms with Gasteiger partial charge in [0, 0.05) is 20.6 Å². The third-order valence-electron chi connectivity index (χ3n) is 3.42. The van der Waals surface area contributed by atoms with Gasteiger partial charge in [0.1, 0.15) is 18.3 Å². The van der Waals surface area contributed by atoms with Crippen molar-refractivity contribution in [3.8, 4) is 0 Å². The van der Waals surface area contributed by atoms with E-state index in [1.165, 1.54) is 6.92 Å². The number of hydrogen-bond acceptors (Lipinski definition) is 8. The Kier molecular flexibility index (Phi) is 14.3. The van der Waals surface area contributed by atoms with Crippen LogP contribution in [0, 0.1) is 10.7 Å². The topological polar surface area (TPSA) is 180 Å². The van der Waals surface area contributed by atoms with Gasteiger partial charge in [-0.05, 0) is 80.9 Å². The van der Waals surface area contributed by atoms with Crippen LogP contribution in [-0.4, -0.2) is 87.1 Å². The van der Waals surface area contributed by atoms with Gasteiger partial charge in [-0.1, -0.05) is 0 Å². The minimum Gasteiger partial charge on any atom is -0.478 e. The van der Waals surface area contributed by atoms with Gasteiger partial charge in [-0.15, -0.1) is 0 Å².